The molecule has 174 valence electrons. The number of ether oxygens (including phenoxy) is 6. The fourth-order valence-electron chi connectivity index (χ4n) is 4.14. The Balaban J connectivity index is 1.63. The summed E-state index contributed by atoms with van der Waals surface area (Å²) in [7, 11) is 3.19. The molecule has 0 saturated carbocycles. The second kappa shape index (κ2) is 9.81. The maximum Gasteiger partial charge on any atom is 0.220 e. The second-order valence-corrected chi connectivity index (χ2v) is 9.54. The van der Waals surface area contributed by atoms with Gasteiger partial charge in [-0.15, -0.1) is 0 Å². The Kier molecular flexibility index (Phi) is 7.27. The average Bonchev–Trinajstić information content (AvgIpc) is 2.81. The number of fused-ring (bicyclic) bond motifs is 1. The van der Waals surface area contributed by atoms with Gasteiger partial charge in [-0.1, -0.05) is 60.3 Å². The molecule has 0 aliphatic carbocycles. The van der Waals surface area contributed by atoms with Gasteiger partial charge >= 0.3 is 0 Å². The summed E-state index contributed by atoms with van der Waals surface area (Å²) in [5, 5.41) is 0. The molecule has 0 N–H and O–H groups in total. The van der Waals surface area contributed by atoms with Crippen molar-refractivity contribution in [3.8, 4) is 0 Å². The third-order valence-corrected chi connectivity index (χ3v) is 7.49. The van der Waals surface area contributed by atoms with Crippen LogP contribution in [0.25, 0.3) is 0 Å². The van der Waals surface area contributed by atoms with Crippen LogP contribution in [-0.4, -0.2) is 55.6 Å². The van der Waals surface area contributed by atoms with Crippen LogP contribution in [0.3, 0.4) is 0 Å². The minimum Gasteiger partial charge on any atom is -0.367 e. The van der Waals surface area contributed by atoms with E-state index in [1.54, 1.807) is 26.0 Å². The van der Waals surface area contributed by atoms with Crippen molar-refractivity contribution >= 4 is 11.8 Å². The summed E-state index contributed by atoms with van der Waals surface area (Å²) in [4.78, 5) is 1.10. The van der Waals surface area contributed by atoms with Crippen LogP contribution in [0.5, 0.6) is 0 Å². The van der Waals surface area contributed by atoms with Crippen molar-refractivity contribution in [1.82, 2.24) is 0 Å². The Morgan fingerprint density at radius 3 is 2.00 bits per heavy atom. The molecule has 2 aliphatic rings. The fraction of sp³-hybridized carbons (Fsp3) is 0.520. The van der Waals surface area contributed by atoms with E-state index in [1.165, 1.54) is 0 Å². The lowest BCUT2D eigenvalue weighted by Crippen LogP contribution is -2.72. The van der Waals surface area contributed by atoms with Crippen LogP contribution in [-0.2, 0) is 35.0 Å². The highest BCUT2D eigenvalue weighted by Gasteiger charge is 2.62. The molecule has 4 rings (SSSR count). The molecule has 0 unspecified atom stereocenters. The predicted molar refractivity (Wildman–Crippen MR) is 122 cm³/mol. The molecule has 0 aromatic heterocycles. The van der Waals surface area contributed by atoms with Gasteiger partial charge in [-0.25, -0.2) is 0 Å². The van der Waals surface area contributed by atoms with Gasteiger partial charge in [0.2, 0.25) is 11.6 Å². The van der Waals surface area contributed by atoms with Gasteiger partial charge in [0.1, 0.15) is 23.7 Å². The lowest BCUT2D eigenvalue weighted by Gasteiger charge is -2.57. The van der Waals surface area contributed by atoms with E-state index in [0.29, 0.717) is 6.61 Å². The monoisotopic (exact) mass is 460 g/mol. The Morgan fingerprint density at radius 1 is 0.844 bits per heavy atom. The molecule has 2 saturated heterocycles. The van der Waals surface area contributed by atoms with Crippen molar-refractivity contribution in [3.05, 3.63) is 66.2 Å². The van der Waals surface area contributed by atoms with Crippen molar-refractivity contribution < 1.29 is 28.4 Å². The highest BCUT2D eigenvalue weighted by Crippen LogP contribution is 2.46. The molecule has 0 radical (unpaired) electrons. The van der Waals surface area contributed by atoms with E-state index in [1.807, 2.05) is 69.3 Å². The van der Waals surface area contributed by atoms with Gasteiger partial charge in [0, 0.05) is 19.1 Å². The maximum absolute atomic E-state index is 6.58. The smallest absolute Gasteiger partial charge is 0.220 e. The number of rotatable bonds is 7. The van der Waals surface area contributed by atoms with Gasteiger partial charge in [-0.05, 0) is 38.5 Å². The number of thioether (sulfide) groups is 1. The number of methoxy groups -OCH3 is 2. The van der Waals surface area contributed by atoms with Gasteiger partial charge in [-0.2, -0.15) is 0 Å². The van der Waals surface area contributed by atoms with E-state index in [9.17, 15) is 0 Å². The van der Waals surface area contributed by atoms with E-state index >= 15 is 0 Å². The quantitative estimate of drug-likeness (QED) is 0.598. The molecule has 32 heavy (non-hydrogen) atoms. The fourth-order valence-corrected chi connectivity index (χ4v) is 5.32. The minimum atomic E-state index is -1.11. The van der Waals surface area contributed by atoms with E-state index in [2.05, 4.69) is 12.1 Å². The molecular weight excluding hydrogens is 428 g/mol. The molecule has 0 spiro atoms. The topological polar surface area (TPSA) is 55.4 Å². The van der Waals surface area contributed by atoms with Crippen molar-refractivity contribution in [2.75, 3.05) is 14.2 Å². The molecule has 2 aromatic carbocycles. The summed E-state index contributed by atoms with van der Waals surface area (Å²) < 4.78 is 37.4. The molecule has 2 heterocycles. The number of benzene rings is 2. The minimum absolute atomic E-state index is 0.228. The summed E-state index contributed by atoms with van der Waals surface area (Å²) in [5.74, 6) is -2.21. The van der Waals surface area contributed by atoms with E-state index in [4.69, 9.17) is 28.4 Å². The molecule has 0 amide bonds. The predicted octanol–water partition coefficient (Wildman–Crippen LogP) is 4.62. The van der Waals surface area contributed by atoms with Gasteiger partial charge < -0.3 is 28.4 Å². The zero-order valence-corrected chi connectivity index (χ0v) is 20.0. The van der Waals surface area contributed by atoms with Crippen LogP contribution in [0, 0.1) is 0 Å². The first kappa shape index (κ1) is 23.7. The lowest BCUT2D eigenvalue weighted by molar-refractivity contribution is -0.470. The average molecular weight is 461 g/mol. The lowest BCUT2D eigenvalue weighted by atomic mass is 9.95. The molecule has 7 atom stereocenters. The molecule has 7 heteroatoms. The molecular formula is C25H32O6S. The molecule has 2 aliphatic heterocycles. The number of hydrogen-bond donors (Lipinski definition) is 0. The molecule has 6 nitrogen and oxygen atoms in total. The van der Waals surface area contributed by atoms with Gasteiger partial charge in [0.05, 0.1) is 12.7 Å². The molecule has 2 aromatic rings. The Labute approximate surface area is 194 Å². The van der Waals surface area contributed by atoms with Crippen molar-refractivity contribution in [2.45, 2.75) is 73.7 Å². The van der Waals surface area contributed by atoms with Crippen LogP contribution in [0.4, 0.5) is 0 Å². The second-order valence-electron chi connectivity index (χ2n) is 8.37. The third kappa shape index (κ3) is 4.61. The first-order chi connectivity index (χ1) is 15.4. The summed E-state index contributed by atoms with van der Waals surface area (Å²) in [6.45, 7) is 6.09. The van der Waals surface area contributed by atoms with Crippen LogP contribution < -0.4 is 0 Å². The normalized spacial score (nSPS) is 37.1. The molecule has 0 bridgehead atoms. The zero-order chi connectivity index (χ0) is 22.8. The Bertz CT molecular complexity index is 867. The third-order valence-electron chi connectivity index (χ3n) is 6.33. The van der Waals surface area contributed by atoms with Crippen LogP contribution >= 0.6 is 11.8 Å². The van der Waals surface area contributed by atoms with Gasteiger partial charge in [0.25, 0.3) is 0 Å². The van der Waals surface area contributed by atoms with E-state index < -0.39 is 23.8 Å². The summed E-state index contributed by atoms with van der Waals surface area (Å²) in [6.07, 6.45) is -1.40. The largest absolute Gasteiger partial charge is 0.367 e. The summed E-state index contributed by atoms with van der Waals surface area (Å²) >= 11 is 1.63. The van der Waals surface area contributed by atoms with Crippen LogP contribution in [0.15, 0.2) is 65.6 Å². The van der Waals surface area contributed by atoms with Crippen molar-refractivity contribution in [2.24, 2.45) is 0 Å². The van der Waals surface area contributed by atoms with Gasteiger partial charge in [-0.3, -0.25) is 0 Å². The van der Waals surface area contributed by atoms with E-state index in [-0.39, 0.29) is 17.6 Å². The van der Waals surface area contributed by atoms with Crippen molar-refractivity contribution in [3.63, 3.8) is 0 Å². The highest BCUT2D eigenvalue weighted by molar-refractivity contribution is 7.99. The van der Waals surface area contributed by atoms with Crippen LogP contribution in [0.2, 0.25) is 0 Å². The molecule has 2 fully saturated rings. The Morgan fingerprint density at radius 2 is 1.41 bits per heavy atom. The highest BCUT2D eigenvalue weighted by atomic mass is 32.2. The first-order valence-electron chi connectivity index (χ1n) is 10.9. The zero-order valence-electron chi connectivity index (χ0n) is 19.2. The first-order valence-corrected chi connectivity index (χ1v) is 11.8. The van der Waals surface area contributed by atoms with Crippen molar-refractivity contribution in [1.29, 1.82) is 0 Å². The standard InChI is InChI=1S/C25H32O6S/c1-17-20-21(31-25(3,27-5)24(2,26-4)30-20)22(28-16-18-12-8-6-9-13-18)23(29-17)32-19-14-10-7-11-15-19/h6-15,17,20-23H,16H2,1-5H3/t17-,20-,21+,22+,23+,24+,25+/m0/s1. The van der Waals surface area contributed by atoms with Crippen LogP contribution in [0.1, 0.15) is 26.3 Å². The number of hydrogen-bond acceptors (Lipinski definition) is 7. The SMILES string of the molecule is CO[C@]1(C)O[C@@H]2[C@@H](O[C@@]1(C)OC)[C@H](C)O[C@H](Sc1ccccc1)[C@@H]2OCc1ccccc1. The Hall–Kier alpha value is -1.45. The van der Waals surface area contributed by atoms with E-state index in [0.717, 1.165) is 10.5 Å². The summed E-state index contributed by atoms with van der Waals surface area (Å²) in [6, 6.07) is 20.3. The maximum atomic E-state index is 6.58. The summed E-state index contributed by atoms with van der Waals surface area (Å²) in [5.41, 5.74) is 0.799. The van der Waals surface area contributed by atoms with Gasteiger partial charge in [0.15, 0.2) is 0 Å².